The van der Waals surface area contributed by atoms with Crippen LogP contribution in [0.4, 0.5) is 0 Å². The third kappa shape index (κ3) is 9.12. The van der Waals surface area contributed by atoms with Gasteiger partial charge >= 0.3 is 0 Å². The van der Waals surface area contributed by atoms with Crippen molar-refractivity contribution in [3.63, 3.8) is 0 Å². The molecule has 0 atom stereocenters. The van der Waals surface area contributed by atoms with Crippen LogP contribution >= 0.6 is 24.0 Å². The summed E-state index contributed by atoms with van der Waals surface area (Å²) in [5, 5.41) is 6.99. The third-order valence-electron chi connectivity index (χ3n) is 5.08. The number of nitrogens with one attached hydrogen (secondary N) is 2. The monoisotopic (exact) mass is 530 g/mol. The summed E-state index contributed by atoms with van der Waals surface area (Å²) in [6.45, 7) is 13.4. The van der Waals surface area contributed by atoms with Crippen LogP contribution in [0.1, 0.15) is 38.7 Å². The highest BCUT2D eigenvalue weighted by atomic mass is 127. The van der Waals surface area contributed by atoms with Gasteiger partial charge in [-0.1, -0.05) is 12.1 Å². The fraction of sp³-hybridized carbons (Fsp3) is 0.609. The first-order valence-corrected chi connectivity index (χ1v) is 10.9. The Labute approximate surface area is 199 Å². The Balaban J connectivity index is 0.00000450. The Bertz CT molecular complexity index is 646. The fourth-order valence-corrected chi connectivity index (χ4v) is 3.57. The SMILES string of the molecule is C=CCN1CCC(NC(=NCCCc2ccc(OC)c(OCC)c2)NCC)CC1.I. The van der Waals surface area contributed by atoms with Gasteiger partial charge in [0.1, 0.15) is 0 Å². The van der Waals surface area contributed by atoms with Crippen LogP contribution in [0.25, 0.3) is 0 Å². The van der Waals surface area contributed by atoms with Gasteiger partial charge in [-0.2, -0.15) is 0 Å². The second-order valence-corrected chi connectivity index (χ2v) is 7.29. The molecule has 0 bridgehead atoms. The van der Waals surface area contributed by atoms with Gasteiger partial charge in [0.25, 0.3) is 0 Å². The Morgan fingerprint density at radius 2 is 2.03 bits per heavy atom. The van der Waals surface area contributed by atoms with E-state index in [1.54, 1.807) is 7.11 Å². The van der Waals surface area contributed by atoms with E-state index in [1.807, 2.05) is 19.1 Å². The maximum absolute atomic E-state index is 5.67. The lowest BCUT2D eigenvalue weighted by atomic mass is 10.1. The van der Waals surface area contributed by atoms with Crippen molar-refractivity contribution in [2.45, 2.75) is 45.6 Å². The topological polar surface area (TPSA) is 58.1 Å². The molecule has 0 amide bonds. The zero-order valence-electron chi connectivity index (χ0n) is 18.8. The Kier molecular flexibility index (Phi) is 13.6. The summed E-state index contributed by atoms with van der Waals surface area (Å²) in [6.07, 6.45) is 6.23. The predicted molar refractivity (Wildman–Crippen MR) is 137 cm³/mol. The fourth-order valence-electron chi connectivity index (χ4n) is 3.57. The first-order chi connectivity index (χ1) is 14.2. The van der Waals surface area contributed by atoms with Crippen LogP contribution in [-0.2, 0) is 6.42 Å². The van der Waals surface area contributed by atoms with Crippen LogP contribution in [0.5, 0.6) is 11.5 Å². The number of methoxy groups -OCH3 is 1. The number of halogens is 1. The maximum atomic E-state index is 5.67. The van der Waals surface area contributed by atoms with Gasteiger partial charge in [0.05, 0.1) is 13.7 Å². The van der Waals surface area contributed by atoms with Crippen molar-refractivity contribution in [2.24, 2.45) is 4.99 Å². The van der Waals surface area contributed by atoms with Crippen LogP contribution < -0.4 is 20.1 Å². The molecule has 1 aliphatic rings. The third-order valence-corrected chi connectivity index (χ3v) is 5.08. The lowest BCUT2D eigenvalue weighted by Gasteiger charge is -2.32. The number of aliphatic imine (C=N–C) groups is 1. The number of hydrogen-bond donors (Lipinski definition) is 2. The van der Waals surface area contributed by atoms with Crippen LogP contribution in [0.3, 0.4) is 0 Å². The predicted octanol–water partition coefficient (Wildman–Crippen LogP) is 3.85. The number of hydrogen-bond acceptors (Lipinski definition) is 4. The molecule has 1 heterocycles. The smallest absolute Gasteiger partial charge is 0.191 e. The van der Waals surface area contributed by atoms with Crippen molar-refractivity contribution in [1.82, 2.24) is 15.5 Å². The van der Waals surface area contributed by atoms with Crippen LogP contribution in [0, 0.1) is 0 Å². The van der Waals surface area contributed by atoms with Gasteiger partial charge in [-0.15, -0.1) is 30.6 Å². The normalized spacial score (nSPS) is 15.2. The Morgan fingerprint density at radius 1 is 1.27 bits per heavy atom. The molecule has 7 heteroatoms. The average Bonchev–Trinajstić information content (AvgIpc) is 2.73. The van der Waals surface area contributed by atoms with Gasteiger partial charge in [0.2, 0.25) is 0 Å². The van der Waals surface area contributed by atoms with E-state index in [-0.39, 0.29) is 24.0 Å². The van der Waals surface area contributed by atoms with E-state index in [9.17, 15) is 0 Å². The molecule has 0 aliphatic carbocycles. The van der Waals surface area contributed by atoms with E-state index in [0.717, 1.165) is 75.9 Å². The van der Waals surface area contributed by atoms with Gasteiger partial charge in [-0.25, -0.2) is 0 Å². The molecule has 0 spiro atoms. The molecule has 6 nitrogen and oxygen atoms in total. The van der Waals surface area contributed by atoms with Crippen LogP contribution in [-0.4, -0.2) is 63.3 Å². The van der Waals surface area contributed by atoms with E-state index in [2.05, 4.69) is 41.2 Å². The zero-order valence-corrected chi connectivity index (χ0v) is 21.1. The van der Waals surface area contributed by atoms with E-state index in [0.29, 0.717) is 12.6 Å². The summed E-state index contributed by atoms with van der Waals surface area (Å²) in [4.78, 5) is 7.22. The molecule has 30 heavy (non-hydrogen) atoms. The average molecular weight is 530 g/mol. The molecule has 0 aromatic heterocycles. The summed E-state index contributed by atoms with van der Waals surface area (Å²) >= 11 is 0. The lowest BCUT2D eigenvalue weighted by Crippen LogP contribution is -2.48. The van der Waals surface area contributed by atoms with Crippen molar-refractivity contribution < 1.29 is 9.47 Å². The Hall–Kier alpha value is -1.48. The number of benzene rings is 1. The summed E-state index contributed by atoms with van der Waals surface area (Å²) in [6, 6.07) is 6.65. The molecule has 1 aromatic rings. The van der Waals surface area contributed by atoms with Crippen LogP contribution in [0.2, 0.25) is 0 Å². The number of rotatable bonds is 11. The first kappa shape index (κ1) is 26.6. The number of piperidine rings is 1. The Morgan fingerprint density at radius 3 is 2.67 bits per heavy atom. The highest BCUT2D eigenvalue weighted by molar-refractivity contribution is 14.0. The van der Waals surface area contributed by atoms with Crippen molar-refractivity contribution in [3.8, 4) is 11.5 Å². The quantitative estimate of drug-likeness (QED) is 0.150. The van der Waals surface area contributed by atoms with E-state index >= 15 is 0 Å². The van der Waals surface area contributed by atoms with Crippen molar-refractivity contribution in [1.29, 1.82) is 0 Å². The first-order valence-electron chi connectivity index (χ1n) is 10.9. The van der Waals surface area contributed by atoms with Gasteiger partial charge in [0, 0.05) is 38.8 Å². The van der Waals surface area contributed by atoms with Crippen molar-refractivity contribution >= 4 is 29.9 Å². The number of aryl methyl sites for hydroxylation is 1. The van der Waals surface area contributed by atoms with E-state index < -0.39 is 0 Å². The van der Waals surface area contributed by atoms with Crippen molar-refractivity contribution in [2.75, 3.05) is 46.4 Å². The molecule has 1 aliphatic heterocycles. The lowest BCUT2D eigenvalue weighted by molar-refractivity contribution is 0.225. The summed E-state index contributed by atoms with van der Waals surface area (Å²) < 4.78 is 11.0. The number of ether oxygens (including phenoxy) is 2. The van der Waals surface area contributed by atoms with Gasteiger partial charge in [0.15, 0.2) is 17.5 Å². The minimum absolute atomic E-state index is 0. The summed E-state index contributed by atoms with van der Waals surface area (Å²) in [7, 11) is 1.67. The molecular formula is C23H39IN4O2. The summed E-state index contributed by atoms with van der Waals surface area (Å²) in [5.41, 5.74) is 1.25. The van der Waals surface area contributed by atoms with E-state index in [1.165, 1.54) is 5.56 Å². The van der Waals surface area contributed by atoms with E-state index in [4.69, 9.17) is 14.5 Å². The standard InChI is InChI=1S/C23H38N4O2.HI/c1-5-15-27-16-12-20(13-17-27)26-23(24-6-2)25-14-8-9-19-10-11-21(28-4)22(18-19)29-7-3;/h5,10-11,18,20H,1,6-9,12-17H2,2-4H3,(H2,24,25,26);1H. The largest absolute Gasteiger partial charge is 0.493 e. The summed E-state index contributed by atoms with van der Waals surface area (Å²) in [5.74, 6) is 2.53. The molecule has 1 saturated heterocycles. The van der Waals surface area contributed by atoms with Crippen LogP contribution in [0.15, 0.2) is 35.8 Å². The second-order valence-electron chi connectivity index (χ2n) is 7.29. The minimum atomic E-state index is 0. The highest BCUT2D eigenvalue weighted by Gasteiger charge is 2.18. The zero-order chi connectivity index (χ0) is 20.9. The molecule has 0 saturated carbocycles. The van der Waals surface area contributed by atoms with Gasteiger partial charge < -0.3 is 20.1 Å². The van der Waals surface area contributed by atoms with Gasteiger partial charge in [-0.05, 0) is 57.2 Å². The highest BCUT2D eigenvalue weighted by Crippen LogP contribution is 2.28. The van der Waals surface area contributed by atoms with Crippen molar-refractivity contribution in [3.05, 3.63) is 36.4 Å². The molecule has 1 fully saturated rings. The molecular weight excluding hydrogens is 491 g/mol. The number of guanidine groups is 1. The molecule has 1 aromatic carbocycles. The maximum Gasteiger partial charge on any atom is 0.191 e. The molecule has 2 N–H and O–H groups in total. The molecule has 0 radical (unpaired) electrons. The van der Waals surface area contributed by atoms with Gasteiger partial charge in [-0.3, -0.25) is 9.89 Å². The molecule has 170 valence electrons. The molecule has 0 unspecified atom stereocenters. The second kappa shape index (κ2) is 15.3. The number of likely N-dealkylation sites (tertiary alicyclic amines) is 1. The minimum Gasteiger partial charge on any atom is -0.493 e. The number of nitrogens with zero attached hydrogens (tertiary/aromatic N) is 2. The molecule has 2 rings (SSSR count).